The van der Waals surface area contributed by atoms with Gasteiger partial charge in [0, 0.05) is 37.2 Å². The summed E-state index contributed by atoms with van der Waals surface area (Å²) in [5.74, 6) is -1.17. The number of hydrogen-bond acceptors (Lipinski definition) is 4. The van der Waals surface area contributed by atoms with Crippen molar-refractivity contribution in [2.45, 2.75) is 84.7 Å². The van der Waals surface area contributed by atoms with Crippen molar-refractivity contribution in [2.75, 3.05) is 25.0 Å². The van der Waals surface area contributed by atoms with E-state index >= 15 is 0 Å². The van der Waals surface area contributed by atoms with Crippen LogP contribution in [0.15, 0.2) is 30.3 Å². The Morgan fingerprint density at radius 1 is 0.951 bits per heavy atom. The van der Waals surface area contributed by atoms with Crippen molar-refractivity contribution in [3.8, 4) is 0 Å². The summed E-state index contributed by atoms with van der Waals surface area (Å²) < 4.78 is 27.4. The Hall–Kier alpha value is -2.26. The molecule has 2 aliphatic rings. The molecular formula is C31H45Cl2F2N3O3. The fraction of sp³-hybridized carbons (Fsp3) is 0.548. The molecule has 4 rings (SSSR count). The summed E-state index contributed by atoms with van der Waals surface area (Å²) in [5.41, 5.74) is 2.45. The molecule has 0 radical (unpaired) electrons. The number of carbonyl (C=O) groups is 2. The van der Waals surface area contributed by atoms with Crippen LogP contribution in [-0.4, -0.2) is 43.7 Å². The summed E-state index contributed by atoms with van der Waals surface area (Å²) in [7, 11) is 0. The number of anilines is 1. The molecule has 1 aliphatic heterocycles. The standard InChI is InChI=1S/C17H14Cl2F2N2O.C5H10O.C5H12.C4H9NO/c18-13-3-9(1-2-15(13)20)11-6-22-7-12(11)10-4-16(21)14(19)5-17(10)23-8-24;6-5-3-1-2-4-5;1-5(2,3)4;1-2-3-5-4-6/h1-5,8,11-12,22H,6-7H2,(H,23,24);5-6H,1-4H2;1-4H3;4H,2-3H2,1H3,(H,5,6)/t11-,12+;;;/m1.../s1. The van der Waals surface area contributed by atoms with Crippen LogP contribution in [0.1, 0.15) is 89.7 Å². The summed E-state index contributed by atoms with van der Waals surface area (Å²) >= 11 is 11.7. The molecule has 1 saturated heterocycles. The molecule has 1 aliphatic carbocycles. The maximum absolute atomic E-state index is 14.0. The van der Waals surface area contributed by atoms with Gasteiger partial charge in [-0.2, -0.15) is 0 Å². The lowest BCUT2D eigenvalue weighted by Gasteiger charge is -2.22. The van der Waals surface area contributed by atoms with Gasteiger partial charge in [0.05, 0.1) is 16.1 Å². The molecule has 0 spiro atoms. The molecule has 41 heavy (non-hydrogen) atoms. The molecule has 1 saturated carbocycles. The van der Waals surface area contributed by atoms with Crippen LogP contribution in [0.3, 0.4) is 0 Å². The van der Waals surface area contributed by atoms with E-state index in [1.165, 1.54) is 31.0 Å². The fourth-order valence-corrected chi connectivity index (χ4v) is 4.62. The Balaban J connectivity index is 0.000000401. The lowest BCUT2D eigenvalue weighted by molar-refractivity contribution is -0.109. The molecule has 2 atom stereocenters. The minimum absolute atomic E-state index is 0.0316. The van der Waals surface area contributed by atoms with Gasteiger partial charge in [0.25, 0.3) is 0 Å². The van der Waals surface area contributed by atoms with Gasteiger partial charge in [-0.3, -0.25) is 9.59 Å². The molecule has 0 unspecified atom stereocenters. The Morgan fingerprint density at radius 3 is 2.00 bits per heavy atom. The van der Waals surface area contributed by atoms with Gasteiger partial charge >= 0.3 is 0 Å². The molecule has 2 aromatic carbocycles. The number of rotatable bonds is 7. The Kier molecular flexibility index (Phi) is 17.1. The van der Waals surface area contributed by atoms with Crippen molar-refractivity contribution in [1.82, 2.24) is 10.6 Å². The molecule has 10 heteroatoms. The van der Waals surface area contributed by atoms with Gasteiger partial charge in [-0.15, -0.1) is 0 Å². The maximum atomic E-state index is 14.0. The lowest BCUT2D eigenvalue weighted by atomic mass is 9.83. The summed E-state index contributed by atoms with van der Waals surface area (Å²) in [6.07, 6.45) is 6.86. The summed E-state index contributed by atoms with van der Waals surface area (Å²) in [5, 5.41) is 17.1. The van der Waals surface area contributed by atoms with Gasteiger partial charge < -0.3 is 21.1 Å². The third kappa shape index (κ3) is 14.5. The van der Waals surface area contributed by atoms with E-state index < -0.39 is 11.6 Å². The number of benzene rings is 2. The van der Waals surface area contributed by atoms with Crippen LogP contribution in [0, 0.1) is 17.0 Å². The second kappa shape index (κ2) is 19.0. The number of carbonyl (C=O) groups excluding carboxylic acids is 2. The van der Waals surface area contributed by atoms with Crippen LogP contribution in [0.25, 0.3) is 0 Å². The zero-order valence-corrected chi connectivity index (χ0v) is 26.2. The molecular weight excluding hydrogens is 571 g/mol. The lowest BCUT2D eigenvalue weighted by Crippen LogP contribution is -2.12. The first-order valence-corrected chi connectivity index (χ1v) is 14.8. The van der Waals surface area contributed by atoms with Crippen molar-refractivity contribution in [3.05, 3.63) is 63.1 Å². The first-order chi connectivity index (χ1) is 19.3. The van der Waals surface area contributed by atoms with E-state index in [0.29, 0.717) is 42.6 Å². The first kappa shape index (κ1) is 36.8. The Bertz CT molecular complexity index is 1070. The smallest absolute Gasteiger partial charge is 0.211 e. The van der Waals surface area contributed by atoms with E-state index in [1.807, 2.05) is 6.92 Å². The molecule has 1 heterocycles. The van der Waals surface area contributed by atoms with E-state index in [-0.39, 0.29) is 28.0 Å². The largest absolute Gasteiger partial charge is 0.393 e. The van der Waals surface area contributed by atoms with Gasteiger partial charge in [-0.1, -0.05) is 76.7 Å². The highest BCUT2D eigenvalue weighted by atomic mass is 35.5. The maximum Gasteiger partial charge on any atom is 0.211 e. The third-order valence-corrected chi connectivity index (χ3v) is 6.67. The van der Waals surface area contributed by atoms with Crippen LogP contribution >= 0.6 is 23.2 Å². The Labute approximate surface area is 253 Å². The molecule has 6 nitrogen and oxygen atoms in total. The number of nitrogens with one attached hydrogen (secondary N) is 3. The van der Waals surface area contributed by atoms with Gasteiger partial charge in [0.2, 0.25) is 12.8 Å². The second-order valence-corrected chi connectivity index (χ2v) is 12.5. The van der Waals surface area contributed by atoms with Crippen molar-refractivity contribution in [1.29, 1.82) is 0 Å². The number of halogens is 4. The summed E-state index contributed by atoms with van der Waals surface area (Å²) in [6, 6.07) is 7.31. The average molecular weight is 617 g/mol. The predicted molar refractivity (Wildman–Crippen MR) is 165 cm³/mol. The van der Waals surface area contributed by atoms with Crippen LogP contribution in [0.2, 0.25) is 10.0 Å². The highest BCUT2D eigenvalue weighted by Crippen LogP contribution is 2.41. The summed E-state index contributed by atoms with van der Waals surface area (Å²) in [6.45, 7) is 12.8. The topological polar surface area (TPSA) is 90.5 Å². The van der Waals surface area contributed by atoms with Crippen molar-refractivity contribution in [2.24, 2.45) is 5.41 Å². The van der Waals surface area contributed by atoms with E-state index in [1.54, 1.807) is 12.1 Å². The third-order valence-electron chi connectivity index (χ3n) is 6.09. The molecule has 2 amide bonds. The van der Waals surface area contributed by atoms with E-state index in [4.69, 9.17) is 28.3 Å². The molecule has 2 aromatic rings. The average Bonchev–Trinajstić information content (AvgIpc) is 3.58. The van der Waals surface area contributed by atoms with Gasteiger partial charge in [0.1, 0.15) is 11.6 Å². The number of hydrogen-bond donors (Lipinski definition) is 4. The van der Waals surface area contributed by atoms with Crippen LogP contribution < -0.4 is 16.0 Å². The number of aliphatic hydroxyl groups excluding tert-OH is 1. The van der Waals surface area contributed by atoms with Crippen molar-refractivity contribution in [3.63, 3.8) is 0 Å². The molecule has 0 aromatic heterocycles. The zero-order valence-electron chi connectivity index (χ0n) is 24.7. The van der Waals surface area contributed by atoms with Gasteiger partial charge in [0.15, 0.2) is 0 Å². The summed E-state index contributed by atoms with van der Waals surface area (Å²) in [4.78, 5) is 20.3. The zero-order chi connectivity index (χ0) is 31.0. The van der Waals surface area contributed by atoms with Crippen molar-refractivity contribution >= 4 is 41.7 Å². The Morgan fingerprint density at radius 2 is 1.54 bits per heavy atom. The number of aliphatic hydroxyl groups is 1. The van der Waals surface area contributed by atoms with E-state index in [0.717, 1.165) is 31.4 Å². The van der Waals surface area contributed by atoms with Crippen LogP contribution in [-0.2, 0) is 9.59 Å². The van der Waals surface area contributed by atoms with Crippen LogP contribution in [0.5, 0.6) is 0 Å². The molecule has 230 valence electrons. The quantitative estimate of drug-likeness (QED) is 0.193. The van der Waals surface area contributed by atoms with Crippen molar-refractivity contribution < 1.29 is 23.5 Å². The molecule has 0 bridgehead atoms. The molecule has 4 N–H and O–H groups in total. The fourth-order valence-electron chi connectivity index (χ4n) is 4.26. The van der Waals surface area contributed by atoms with Gasteiger partial charge in [-0.25, -0.2) is 8.78 Å². The van der Waals surface area contributed by atoms with E-state index in [2.05, 4.69) is 43.6 Å². The highest BCUT2D eigenvalue weighted by Gasteiger charge is 2.32. The molecule has 2 fully saturated rings. The monoisotopic (exact) mass is 615 g/mol. The van der Waals surface area contributed by atoms with Crippen LogP contribution in [0.4, 0.5) is 14.5 Å². The minimum Gasteiger partial charge on any atom is -0.393 e. The van der Waals surface area contributed by atoms with Gasteiger partial charge in [-0.05, 0) is 60.1 Å². The first-order valence-electron chi connectivity index (χ1n) is 14.0. The van der Waals surface area contributed by atoms with E-state index in [9.17, 15) is 18.4 Å². The minimum atomic E-state index is -0.550. The number of amides is 2. The highest BCUT2D eigenvalue weighted by molar-refractivity contribution is 6.31. The second-order valence-electron chi connectivity index (χ2n) is 11.7. The SMILES string of the molecule is CC(C)(C)C.CCCNC=O.O=CNc1cc(Cl)c(F)cc1[C@@H]1CNC[C@@H]1c1ccc(F)c(Cl)c1.OC1CCCC1. The predicted octanol–water partition coefficient (Wildman–Crippen LogP) is 7.43. The normalized spacial score (nSPS) is 18.1.